The first-order chi connectivity index (χ1) is 12.7. The first-order valence-corrected chi connectivity index (χ1v) is 9.99. The molecule has 2 fully saturated rings. The van der Waals surface area contributed by atoms with Gasteiger partial charge in [-0.3, -0.25) is 4.79 Å². The molecule has 0 unspecified atom stereocenters. The van der Waals surface area contributed by atoms with E-state index in [1.807, 2.05) is 36.4 Å². The molecule has 1 aliphatic carbocycles. The Balaban J connectivity index is 1.66. The number of carbonyl (C=O) groups is 1. The Labute approximate surface area is 160 Å². The summed E-state index contributed by atoms with van der Waals surface area (Å²) in [5.74, 6) is 0.101. The summed E-state index contributed by atoms with van der Waals surface area (Å²) < 4.78 is 0. The Morgan fingerprint density at radius 2 is 1.62 bits per heavy atom. The Bertz CT molecular complexity index is 778. The highest BCUT2D eigenvalue weighted by Gasteiger charge is 2.42. The van der Waals surface area contributed by atoms with Gasteiger partial charge < -0.3 is 10.2 Å². The van der Waals surface area contributed by atoms with Crippen molar-refractivity contribution in [2.24, 2.45) is 0 Å². The minimum absolute atomic E-state index is 0.101. The summed E-state index contributed by atoms with van der Waals surface area (Å²) in [6.45, 7) is 1.99. The van der Waals surface area contributed by atoms with Crippen LogP contribution in [0.15, 0.2) is 48.5 Å². The van der Waals surface area contributed by atoms with Crippen molar-refractivity contribution >= 4 is 28.9 Å². The van der Waals surface area contributed by atoms with Crippen molar-refractivity contribution in [1.82, 2.24) is 0 Å². The molecule has 0 bridgehead atoms. The number of hydrogen-bond acceptors (Lipinski definition) is 2. The van der Waals surface area contributed by atoms with E-state index in [9.17, 15) is 4.79 Å². The maximum atomic E-state index is 13.4. The second-order valence-electron chi connectivity index (χ2n) is 7.44. The van der Waals surface area contributed by atoms with Crippen molar-refractivity contribution in [3.8, 4) is 0 Å². The van der Waals surface area contributed by atoms with E-state index in [2.05, 4.69) is 22.3 Å². The maximum absolute atomic E-state index is 13.4. The Hall–Kier alpha value is -2.00. The molecule has 3 nitrogen and oxygen atoms in total. The van der Waals surface area contributed by atoms with Crippen LogP contribution in [-0.4, -0.2) is 19.0 Å². The molecule has 1 saturated carbocycles. The first-order valence-electron chi connectivity index (χ1n) is 9.61. The summed E-state index contributed by atoms with van der Waals surface area (Å²) >= 11 is 6.51. The number of nitrogens with zero attached hydrogens (tertiary/aromatic N) is 1. The number of para-hydroxylation sites is 1. The number of anilines is 2. The average molecular weight is 369 g/mol. The fourth-order valence-electron chi connectivity index (χ4n) is 4.50. The molecule has 0 aromatic heterocycles. The fraction of sp³-hybridized carbons (Fsp3) is 0.409. The van der Waals surface area contributed by atoms with Crippen LogP contribution < -0.4 is 10.2 Å². The summed E-state index contributed by atoms with van der Waals surface area (Å²) in [4.78, 5) is 15.7. The van der Waals surface area contributed by atoms with E-state index in [4.69, 9.17) is 11.6 Å². The van der Waals surface area contributed by atoms with Gasteiger partial charge in [0.25, 0.3) is 0 Å². The minimum atomic E-state index is -0.425. The molecule has 0 atom stereocenters. The van der Waals surface area contributed by atoms with Gasteiger partial charge in [0.05, 0.1) is 21.8 Å². The molecule has 2 aliphatic rings. The SMILES string of the molecule is O=C(Nc1cccc(Cl)c1N1CCCC1)C1(c2ccccc2)CCCC1. The molecule has 136 valence electrons. The van der Waals surface area contributed by atoms with Crippen LogP contribution >= 0.6 is 11.6 Å². The summed E-state index contributed by atoms with van der Waals surface area (Å²) in [5.41, 5.74) is 2.51. The Kier molecular flexibility index (Phi) is 4.90. The van der Waals surface area contributed by atoms with Crippen LogP contribution in [0.1, 0.15) is 44.1 Å². The van der Waals surface area contributed by atoms with Crippen LogP contribution in [0.3, 0.4) is 0 Å². The highest BCUT2D eigenvalue weighted by Crippen LogP contribution is 2.43. The van der Waals surface area contributed by atoms with Crippen LogP contribution in [0.5, 0.6) is 0 Å². The van der Waals surface area contributed by atoms with Gasteiger partial charge in [0.2, 0.25) is 5.91 Å². The maximum Gasteiger partial charge on any atom is 0.235 e. The third-order valence-electron chi connectivity index (χ3n) is 5.88. The molecule has 1 aliphatic heterocycles. The number of amides is 1. The normalized spacial score (nSPS) is 18.9. The van der Waals surface area contributed by atoms with Gasteiger partial charge in [0, 0.05) is 13.1 Å². The van der Waals surface area contributed by atoms with E-state index in [0.717, 1.165) is 55.7 Å². The van der Waals surface area contributed by atoms with Crippen LogP contribution in [0.2, 0.25) is 5.02 Å². The smallest absolute Gasteiger partial charge is 0.235 e. The van der Waals surface area contributed by atoms with E-state index in [0.29, 0.717) is 5.02 Å². The van der Waals surface area contributed by atoms with Gasteiger partial charge >= 0.3 is 0 Å². The van der Waals surface area contributed by atoms with Gasteiger partial charge in [0.1, 0.15) is 0 Å². The molecule has 2 aromatic carbocycles. The van der Waals surface area contributed by atoms with Crippen LogP contribution in [0.25, 0.3) is 0 Å². The third-order valence-corrected chi connectivity index (χ3v) is 6.18. The lowest BCUT2D eigenvalue weighted by atomic mass is 9.78. The van der Waals surface area contributed by atoms with Crippen molar-refractivity contribution in [2.45, 2.75) is 43.9 Å². The largest absolute Gasteiger partial charge is 0.369 e. The van der Waals surface area contributed by atoms with Crippen LogP contribution in [0.4, 0.5) is 11.4 Å². The lowest BCUT2D eigenvalue weighted by Crippen LogP contribution is -2.38. The fourth-order valence-corrected chi connectivity index (χ4v) is 4.80. The molecule has 4 rings (SSSR count). The monoisotopic (exact) mass is 368 g/mol. The molecule has 1 N–H and O–H groups in total. The molecule has 0 spiro atoms. The zero-order valence-corrected chi connectivity index (χ0v) is 15.8. The molecule has 0 radical (unpaired) electrons. The van der Waals surface area contributed by atoms with E-state index in [-0.39, 0.29) is 5.91 Å². The number of nitrogens with one attached hydrogen (secondary N) is 1. The molecular weight excluding hydrogens is 344 g/mol. The number of benzene rings is 2. The van der Waals surface area contributed by atoms with Crippen molar-refractivity contribution in [3.05, 3.63) is 59.1 Å². The van der Waals surface area contributed by atoms with Crippen LogP contribution in [0, 0.1) is 0 Å². The quantitative estimate of drug-likeness (QED) is 0.784. The Morgan fingerprint density at radius 1 is 0.923 bits per heavy atom. The van der Waals surface area contributed by atoms with Gasteiger partial charge in [0.15, 0.2) is 0 Å². The number of hydrogen-bond donors (Lipinski definition) is 1. The molecule has 1 amide bonds. The second-order valence-corrected chi connectivity index (χ2v) is 7.85. The molecule has 1 heterocycles. The highest BCUT2D eigenvalue weighted by atomic mass is 35.5. The number of halogens is 1. The second kappa shape index (κ2) is 7.32. The summed E-state index contributed by atoms with van der Waals surface area (Å²) in [6, 6.07) is 16.0. The lowest BCUT2D eigenvalue weighted by molar-refractivity contribution is -0.121. The highest BCUT2D eigenvalue weighted by molar-refractivity contribution is 6.34. The van der Waals surface area contributed by atoms with Crippen molar-refractivity contribution in [2.75, 3.05) is 23.3 Å². The first kappa shape index (κ1) is 17.4. The van der Waals surface area contributed by atoms with Crippen molar-refractivity contribution < 1.29 is 4.79 Å². The topological polar surface area (TPSA) is 32.3 Å². The summed E-state index contributed by atoms with van der Waals surface area (Å²) in [5, 5.41) is 3.96. The molecule has 1 saturated heterocycles. The molecule has 26 heavy (non-hydrogen) atoms. The zero-order chi connectivity index (χ0) is 18.0. The van der Waals surface area contributed by atoms with Crippen molar-refractivity contribution in [1.29, 1.82) is 0 Å². The van der Waals surface area contributed by atoms with E-state index < -0.39 is 5.41 Å². The third kappa shape index (κ3) is 3.09. The van der Waals surface area contributed by atoms with E-state index in [1.54, 1.807) is 0 Å². The summed E-state index contributed by atoms with van der Waals surface area (Å²) in [6.07, 6.45) is 6.34. The van der Waals surface area contributed by atoms with Gasteiger partial charge in [-0.05, 0) is 43.4 Å². The number of rotatable bonds is 4. The molecule has 4 heteroatoms. The van der Waals surface area contributed by atoms with Gasteiger partial charge in [-0.15, -0.1) is 0 Å². The average Bonchev–Trinajstić information content (AvgIpc) is 3.35. The standard InChI is InChI=1S/C22H25ClN2O/c23-18-11-8-12-19(20(18)25-15-6-7-16-25)24-21(26)22(13-4-5-14-22)17-9-2-1-3-10-17/h1-3,8-12H,4-7,13-16H2,(H,24,26). The summed E-state index contributed by atoms with van der Waals surface area (Å²) in [7, 11) is 0. The minimum Gasteiger partial charge on any atom is -0.369 e. The molecular formula is C22H25ClN2O. The zero-order valence-electron chi connectivity index (χ0n) is 15.0. The van der Waals surface area contributed by atoms with Crippen LogP contribution in [-0.2, 0) is 10.2 Å². The lowest BCUT2D eigenvalue weighted by Gasteiger charge is -2.30. The van der Waals surface area contributed by atoms with E-state index >= 15 is 0 Å². The van der Waals surface area contributed by atoms with E-state index in [1.165, 1.54) is 12.8 Å². The molecule has 2 aromatic rings. The Morgan fingerprint density at radius 3 is 2.31 bits per heavy atom. The van der Waals surface area contributed by atoms with Gasteiger partial charge in [-0.1, -0.05) is 60.8 Å². The predicted octanol–water partition coefficient (Wildman–Crippen LogP) is 5.39. The van der Waals surface area contributed by atoms with Gasteiger partial charge in [-0.2, -0.15) is 0 Å². The van der Waals surface area contributed by atoms with Crippen molar-refractivity contribution in [3.63, 3.8) is 0 Å². The predicted molar refractivity (Wildman–Crippen MR) is 108 cm³/mol. The van der Waals surface area contributed by atoms with Gasteiger partial charge in [-0.25, -0.2) is 0 Å². The number of carbonyl (C=O) groups excluding carboxylic acids is 1.